The number of hydrogen-bond acceptors (Lipinski definition) is 6. The van der Waals surface area contributed by atoms with E-state index in [2.05, 4.69) is 15.0 Å². The quantitative estimate of drug-likeness (QED) is 0.860. The monoisotopic (exact) mass is 266 g/mol. The molecule has 6 nitrogen and oxygen atoms in total. The van der Waals surface area contributed by atoms with Gasteiger partial charge in [0.1, 0.15) is 4.88 Å². The van der Waals surface area contributed by atoms with E-state index in [4.69, 9.17) is 4.42 Å². The number of aryl methyl sites for hydroxylation is 1. The fraction of sp³-hybridized carbons (Fsp3) is 0.182. The summed E-state index contributed by atoms with van der Waals surface area (Å²) in [6.45, 7) is 1.66. The van der Waals surface area contributed by atoms with Gasteiger partial charge in [-0.25, -0.2) is 9.78 Å². The molecule has 0 spiro atoms. The SMILES string of the molecule is COC(=O)c1sccc1NC(=O)c1ocnc1C. The standard InChI is InChI=1S/C11H10N2O4S/c1-6-8(17-5-12-6)10(14)13-7-3-4-18-9(7)11(15)16-2/h3-5H,1-2H3,(H,13,14). The first kappa shape index (κ1) is 12.3. The van der Waals surface area contributed by atoms with Gasteiger partial charge in [0.05, 0.1) is 18.5 Å². The van der Waals surface area contributed by atoms with Crippen LogP contribution in [0.15, 0.2) is 22.3 Å². The number of rotatable bonds is 3. The van der Waals surface area contributed by atoms with Crippen molar-refractivity contribution in [2.45, 2.75) is 6.92 Å². The Morgan fingerprint density at radius 3 is 2.89 bits per heavy atom. The zero-order valence-electron chi connectivity index (χ0n) is 9.72. The van der Waals surface area contributed by atoms with E-state index >= 15 is 0 Å². The Bertz CT molecular complexity index is 587. The third kappa shape index (κ3) is 2.25. The smallest absolute Gasteiger partial charge is 0.350 e. The number of hydrogen-bond donors (Lipinski definition) is 1. The van der Waals surface area contributed by atoms with Crippen molar-refractivity contribution >= 4 is 28.9 Å². The van der Waals surface area contributed by atoms with Crippen molar-refractivity contribution in [1.82, 2.24) is 4.98 Å². The van der Waals surface area contributed by atoms with Crippen LogP contribution in [0.1, 0.15) is 25.9 Å². The number of oxazole rings is 1. The number of carbonyl (C=O) groups excluding carboxylic acids is 2. The molecule has 0 fully saturated rings. The number of aromatic nitrogens is 1. The van der Waals surface area contributed by atoms with Crippen molar-refractivity contribution in [2.24, 2.45) is 0 Å². The van der Waals surface area contributed by atoms with Gasteiger partial charge >= 0.3 is 5.97 Å². The van der Waals surface area contributed by atoms with Gasteiger partial charge in [0, 0.05) is 0 Å². The van der Waals surface area contributed by atoms with E-state index < -0.39 is 11.9 Å². The van der Waals surface area contributed by atoms with Gasteiger partial charge < -0.3 is 14.5 Å². The summed E-state index contributed by atoms with van der Waals surface area (Å²) in [6, 6.07) is 1.63. The first-order valence-electron chi connectivity index (χ1n) is 5.00. The Morgan fingerprint density at radius 2 is 2.28 bits per heavy atom. The van der Waals surface area contributed by atoms with Crippen molar-refractivity contribution in [1.29, 1.82) is 0 Å². The summed E-state index contributed by atoms with van der Waals surface area (Å²) in [5.41, 5.74) is 0.884. The van der Waals surface area contributed by atoms with Crippen LogP contribution in [0.25, 0.3) is 0 Å². The molecule has 18 heavy (non-hydrogen) atoms. The molecule has 0 atom stereocenters. The average molecular weight is 266 g/mol. The minimum absolute atomic E-state index is 0.122. The predicted molar refractivity (Wildman–Crippen MR) is 64.9 cm³/mol. The fourth-order valence-electron chi connectivity index (χ4n) is 1.36. The minimum Gasteiger partial charge on any atom is -0.465 e. The largest absolute Gasteiger partial charge is 0.465 e. The van der Waals surface area contributed by atoms with Crippen LogP contribution in [0, 0.1) is 6.92 Å². The Kier molecular flexibility index (Phi) is 3.42. The maximum absolute atomic E-state index is 11.9. The maximum Gasteiger partial charge on any atom is 0.350 e. The molecule has 2 heterocycles. The molecule has 2 aromatic heterocycles. The van der Waals surface area contributed by atoms with Gasteiger partial charge in [0.25, 0.3) is 5.91 Å². The zero-order chi connectivity index (χ0) is 13.1. The van der Waals surface area contributed by atoms with Crippen molar-refractivity contribution in [3.05, 3.63) is 34.2 Å². The lowest BCUT2D eigenvalue weighted by molar-refractivity contribution is 0.0607. The minimum atomic E-state index is -0.491. The van der Waals surface area contributed by atoms with Crippen LogP contribution in [-0.2, 0) is 4.74 Å². The Hall–Kier alpha value is -2.15. The molecule has 2 aromatic rings. The molecule has 1 N–H and O–H groups in total. The highest BCUT2D eigenvalue weighted by molar-refractivity contribution is 7.12. The number of thiophene rings is 1. The van der Waals surface area contributed by atoms with Crippen LogP contribution in [0.2, 0.25) is 0 Å². The van der Waals surface area contributed by atoms with E-state index in [9.17, 15) is 9.59 Å². The molecule has 0 aliphatic carbocycles. The average Bonchev–Trinajstić information content (AvgIpc) is 2.97. The first-order chi connectivity index (χ1) is 8.63. The lowest BCUT2D eigenvalue weighted by atomic mass is 10.3. The molecular formula is C11H10N2O4S. The molecule has 0 bridgehead atoms. The fourth-order valence-corrected chi connectivity index (χ4v) is 2.12. The van der Waals surface area contributed by atoms with Gasteiger partial charge in [-0.2, -0.15) is 0 Å². The summed E-state index contributed by atoms with van der Waals surface area (Å²) in [7, 11) is 1.29. The number of nitrogens with one attached hydrogen (secondary N) is 1. The second kappa shape index (κ2) is 5.01. The van der Waals surface area contributed by atoms with Gasteiger partial charge in [-0.3, -0.25) is 4.79 Å². The van der Waals surface area contributed by atoms with Crippen LogP contribution >= 0.6 is 11.3 Å². The second-order valence-electron chi connectivity index (χ2n) is 3.38. The Morgan fingerprint density at radius 1 is 1.50 bits per heavy atom. The third-order valence-corrected chi connectivity index (χ3v) is 3.13. The molecule has 7 heteroatoms. The number of carbonyl (C=O) groups is 2. The molecule has 0 saturated carbocycles. The van der Waals surface area contributed by atoms with Crippen molar-refractivity contribution in [2.75, 3.05) is 12.4 Å². The van der Waals surface area contributed by atoms with Crippen LogP contribution in [0.5, 0.6) is 0 Å². The van der Waals surface area contributed by atoms with E-state index in [1.807, 2.05) is 0 Å². The molecule has 2 rings (SSSR count). The highest BCUT2D eigenvalue weighted by atomic mass is 32.1. The summed E-state index contributed by atoms with van der Waals surface area (Å²) >= 11 is 1.19. The summed E-state index contributed by atoms with van der Waals surface area (Å²) in [4.78, 5) is 27.5. The van der Waals surface area contributed by atoms with Crippen molar-refractivity contribution in [3.8, 4) is 0 Å². The number of anilines is 1. The van der Waals surface area contributed by atoms with Crippen LogP contribution in [0.4, 0.5) is 5.69 Å². The molecule has 0 aromatic carbocycles. The topological polar surface area (TPSA) is 81.4 Å². The summed E-state index contributed by atoms with van der Waals surface area (Å²) in [6.07, 6.45) is 1.19. The molecule has 0 aliphatic heterocycles. The lowest BCUT2D eigenvalue weighted by Gasteiger charge is -2.03. The molecular weight excluding hydrogens is 256 g/mol. The van der Waals surface area contributed by atoms with E-state index in [-0.39, 0.29) is 5.76 Å². The number of methoxy groups -OCH3 is 1. The van der Waals surface area contributed by atoms with Gasteiger partial charge in [0.2, 0.25) is 5.76 Å². The Labute approximate surface area is 107 Å². The molecule has 0 unspecified atom stereocenters. The third-order valence-electron chi connectivity index (χ3n) is 2.24. The summed E-state index contributed by atoms with van der Waals surface area (Å²) < 4.78 is 9.58. The van der Waals surface area contributed by atoms with E-state index in [0.29, 0.717) is 16.3 Å². The molecule has 0 radical (unpaired) electrons. The van der Waals surface area contributed by atoms with Crippen molar-refractivity contribution < 1.29 is 18.7 Å². The normalized spacial score (nSPS) is 10.1. The van der Waals surface area contributed by atoms with Crippen molar-refractivity contribution in [3.63, 3.8) is 0 Å². The van der Waals surface area contributed by atoms with Gasteiger partial charge in [0.15, 0.2) is 6.39 Å². The highest BCUT2D eigenvalue weighted by Gasteiger charge is 2.19. The zero-order valence-corrected chi connectivity index (χ0v) is 10.5. The molecule has 0 saturated heterocycles. The van der Waals surface area contributed by atoms with E-state index in [1.165, 1.54) is 24.8 Å². The highest BCUT2D eigenvalue weighted by Crippen LogP contribution is 2.23. The van der Waals surface area contributed by atoms with E-state index in [0.717, 1.165) is 0 Å². The second-order valence-corrected chi connectivity index (χ2v) is 4.29. The van der Waals surface area contributed by atoms with Crippen LogP contribution in [-0.4, -0.2) is 24.0 Å². The van der Waals surface area contributed by atoms with Gasteiger partial charge in [-0.1, -0.05) is 0 Å². The first-order valence-corrected chi connectivity index (χ1v) is 5.88. The maximum atomic E-state index is 11.9. The molecule has 1 amide bonds. The number of esters is 1. The molecule has 0 aliphatic rings. The van der Waals surface area contributed by atoms with Crippen LogP contribution in [0.3, 0.4) is 0 Å². The lowest BCUT2D eigenvalue weighted by Crippen LogP contribution is -2.14. The Balaban J connectivity index is 2.20. The number of nitrogens with zero attached hydrogens (tertiary/aromatic N) is 1. The molecule has 94 valence electrons. The summed E-state index contributed by atoms with van der Waals surface area (Å²) in [5, 5.41) is 4.28. The van der Waals surface area contributed by atoms with Gasteiger partial charge in [-0.05, 0) is 18.4 Å². The van der Waals surface area contributed by atoms with Gasteiger partial charge in [-0.15, -0.1) is 11.3 Å². The predicted octanol–water partition coefficient (Wildman–Crippen LogP) is 2.08. The van der Waals surface area contributed by atoms with E-state index in [1.54, 1.807) is 18.4 Å². The summed E-state index contributed by atoms with van der Waals surface area (Å²) in [5.74, 6) is -0.819. The number of amides is 1. The van der Waals surface area contributed by atoms with Crippen LogP contribution < -0.4 is 5.32 Å². The number of ether oxygens (including phenoxy) is 1.